The minimum absolute atomic E-state index is 0.238. The lowest BCUT2D eigenvalue weighted by Gasteiger charge is -2.07. The molecule has 15 heavy (non-hydrogen) atoms. The summed E-state index contributed by atoms with van der Waals surface area (Å²) in [6, 6.07) is 5.70. The molecule has 2 nitrogen and oxygen atoms in total. The molecule has 0 unspecified atom stereocenters. The second kappa shape index (κ2) is 4.33. The number of aromatic nitrogens is 1. The van der Waals surface area contributed by atoms with E-state index in [1.807, 2.05) is 24.4 Å². The summed E-state index contributed by atoms with van der Waals surface area (Å²) < 4.78 is 13.2. The van der Waals surface area contributed by atoms with E-state index in [-0.39, 0.29) is 12.7 Å². The van der Waals surface area contributed by atoms with Gasteiger partial charge in [0.1, 0.15) is 0 Å². The van der Waals surface area contributed by atoms with Crippen LogP contribution in [0, 0.1) is 0 Å². The quantitative estimate of drug-likeness (QED) is 0.883. The van der Waals surface area contributed by atoms with Gasteiger partial charge in [0.05, 0.1) is 6.67 Å². The second-order valence-corrected chi connectivity index (χ2v) is 4.43. The van der Waals surface area contributed by atoms with Gasteiger partial charge in [-0.15, -0.1) is 0 Å². The van der Waals surface area contributed by atoms with Gasteiger partial charge in [-0.3, -0.25) is 4.39 Å². The predicted molar refractivity (Wildman–Crippen MR) is 63.5 cm³/mol. The maximum atomic E-state index is 12.2. The van der Waals surface area contributed by atoms with Crippen LogP contribution in [-0.2, 0) is 0 Å². The van der Waals surface area contributed by atoms with Crippen LogP contribution in [0.1, 0.15) is 18.0 Å². The first-order valence-corrected chi connectivity index (χ1v) is 5.59. The van der Waals surface area contributed by atoms with E-state index in [4.69, 9.17) is 5.73 Å². The zero-order valence-corrected chi connectivity index (χ0v) is 9.72. The Labute approximate surface area is 95.8 Å². The highest BCUT2D eigenvalue weighted by atomic mass is 79.9. The van der Waals surface area contributed by atoms with Crippen LogP contribution >= 0.6 is 15.9 Å². The van der Waals surface area contributed by atoms with Crippen molar-refractivity contribution in [2.45, 2.75) is 12.5 Å². The van der Waals surface area contributed by atoms with E-state index in [9.17, 15) is 4.39 Å². The fourth-order valence-corrected chi connectivity index (χ4v) is 2.06. The molecule has 1 atom stereocenters. The highest BCUT2D eigenvalue weighted by molar-refractivity contribution is 9.10. The number of halogens is 2. The number of fused-ring (bicyclic) bond motifs is 1. The van der Waals surface area contributed by atoms with Gasteiger partial charge in [-0.25, -0.2) is 0 Å². The van der Waals surface area contributed by atoms with Crippen LogP contribution in [0.3, 0.4) is 0 Å². The van der Waals surface area contributed by atoms with Crippen LogP contribution in [0.25, 0.3) is 10.9 Å². The summed E-state index contributed by atoms with van der Waals surface area (Å²) in [6.07, 6.45) is 2.22. The Morgan fingerprint density at radius 1 is 1.47 bits per heavy atom. The third-order valence-electron chi connectivity index (χ3n) is 2.50. The van der Waals surface area contributed by atoms with Crippen LogP contribution in [0.5, 0.6) is 0 Å². The molecule has 3 N–H and O–H groups in total. The largest absolute Gasteiger partial charge is 0.361 e. The van der Waals surface area contributed by atoms with E-state index in [2.05, 4.69) is 20.9 Å². The number of benzene rings is 1. The lowest BCUT2D eigenvalue weighted by atomic mass is 10.0. The highest BCUT2D eigenvalue weighted by Gasteiger charge is 2.11. The van der Waals surface area contributed by atoms with E-state index in [0.717, 1.165) is 20.9 Å². The first-order chi connectivity index (χ1) is 7.22. The van der Waals surface area contributed by atoms with Gasteiger partial charge in [-0.05, 0) is 30.2 Å². The Balaban J connectivity index is 2.47. The first kappa shape index (κ1) is 10.6. The number of H-pyrrole nitrogens is 1. The second-order valence-electron chi connectivity index (χ2n) is 3.52. The van der Waals surface area contributed by atoms with Gasteiger partial charge >= 0.3 is 0 Å². The number of alkyl halides is 1. The van der Waals surface area contributed by atoms with Gasteiger partial charge < -0.3 is 10.7 Å². The molecule has 2 rings (SSSR count). The molecule has 0 radical (unpaired) electrons. The molecule has 0 amide bonds. The summed E-state index contributed by atoms with van der Waals surface area (Å²) in [5.41, 5.74) is 7.90. The van der Waals surface area contributed by atoms with Gasteiger partial charge in [-0.2, -0.15) is 0 Å². The van der Waals surface area contributed by atoms with Crippen molar-refractivity contribution in [1.29, 1.82) is 0 Å². The number of hydrogen-bond acceptors (Lipinski definition) is 1. The van der Waals surface area contributed by atoms with E-state index in [0.29, 0.717) is 6.42 Å². The molecule has 0 spiro atoms. The molecule has 1 aromatic heterocycles. The van der Waals surface area contributed by atoms with E-state index in [1.165, 1.54) is 0 Å². The Bertz CT molecular complexity index is 467. The molecule has 0 fully saturated rings. The molecule has 4 heteroatoms. The summed E-state index contributed by atoms with van der Waals surface area (Å²) in [7, 11) is 0. The number of aromatic amines is 1. The fourth-order valence-electron chi connectivity index (χ4n) is 1.69. The van der Waals surface area contributed by atoms with Gasteiger partial charge in [-0.1, -0.05) is 15.9 Å². The molecule has 2 aromatic rings. The van der Waals surface area contributed by atoms with Crippen molar-refractivity contribution in [3.8, 4) is 0 Å². The Hall–Kier alpha value is -0.870. The SMILES string of the molecule is N[C@H](CCF)c1c[nH]c2ccc(Br)cc12. The number of nitrogens with one attached hydrogen (secondary N) is 1. The van der Waals surface area contributed by atoms with Crippen molar-refractivity contribution in [2.75, 3.05) is 6.67 Å². The third kappa shape index (κ3) is 2.06. The van der Waals surface area contributed by atoms with Crippen LogP contribution in [0.4, 0.5) is 4.39 Å². The van der Waals surface area contributed by atoms with Crippen molar-refractivity contribution in [3.05, 3.63) is 34.4 Å². The van der Waals surface area contributed by atoms with Crippen LogP contribution < -0.4 is 5.73 Å². The maximum Gasteiger partial charge on any atom is 0.0912 e. The van der Waals surface area contributed by atoms with E-state index >= 15 is 0 Å². The molecule has 0 aliphatic rings. The van der Waals surface area contributed by atoms with Gasteiger partial charge in [0.2, 0.25) is 0 Å². The molecular weight excluding hydrogens is 259 g/mol. The van der Waals surface area contributed by atoms with Crippen molar-refractivity contribution in [1.82, 2.24) is 4.98 Å². The third-order valence-corrected chi connectivity index (χ3v) is 2.99. The molecule has 0 bridgehead atoms. The Morgan fingerprint density at radius 2 is 2.27 bits per heavy atom. The zero-order chi connectivity index (χ0) is 10.8. The number of hydrogen-bond donors (Lipinski definition) is 2. The Kier molecular flexibility index (Phi) is 3.07. The molecule has 80 valence electrons. The molecule has 0 aliphatic carbocycles. The number of rotatable bonds is 3. The molecule has 0 aliphatic heterocycles. The highest BCUT2D eigenvalue weighted by Crippen LogP contribution is 2.27. The monoisotopic (exact) mass is 270 g/mol. The lowest BCUT2D eigenvalue weighted by molar-refractivity contribution is 0.443. The first-order valence-electron chi connectivity index (χ1n) is 4.80. The average molecular weight is 271 g/mol. The predicted octanol–water partition coefficient (Wildman–Crippen LogP) is 3.29. The van der Waals surface area contributed by atoms with Crippen molar-refractivity contribution >= 4 is 26.8 Å². The standard InChI is InChI=1S/C11H12BrFN2/c12-7-1-2-11-8(5-7)9(6-15-11)10(14)3-4-13/h1-2,5-6,10,15H,3-4,14H2/t10-/m1/s1. The minimum atomic E-state index is -0.387. The lowest BCUT2D eigenvalue weighted by Crippen LogP contribution is -2.10. The molecule has 0 saturated heterocycles. The summed E-state index contributed by atoms with van der Waals surface area (Å²) in [5.74, 6) is 0. The van der Waals surface area contributed by atoms with Crippen LogP contribution in [0.15, 0.2) is 28.9 Å². The van der Waals surface area contributed by atoms with Crippen molar-refractivity contribution in [3.63, 3.8) is 0 Å². The molecule has 1 heterocycles. The van der Waals surface area contributed by atoms with Crippen LogP contribution in [0.2, 0.25) is 0 Å². The van der Waals surface area contributed by atoms with Crippen molar-refractivity contribution in [2.24, 2.45) is 5.73 Å². The zero-order valence-electron chi connectivity index (χ0n) is 8.13. The summed E-state index contributed by atoms with van der Waals surface area (Å²) >= 11 is 3.41. The summed E-state index contributed by atoms with van der Waals surface area (Å²) in [5, 5.41) is 1.06. The van der Waals surface area contributed by atoms with Gasteiger partial charge in [0.25, 0.3) is 0 Å². The maximum absolute atomic E-state index is 12.2. The molecule has 0 saturated carbocycles. The molecular formula is C11H12BrFN2. The van der Waals surface area contributed by atoms with E-state index < -0.39 is 0 Å². The summed E-state index contributed by atoms with van der Waals surface area (Å²) in [6.45, 7) is -0.387. The van der Waals surface area contributed by atoms with Crippen molar-refractivity contribution < 1.29 is 4.39 Å². The van der Waals surface area contributed by atoms with Crippen LogP contribution in [-0.4, -0.2) is 11.7 Å². The number of nitrogens with two attached hydrogens (primary N) is 1. The summed E-state index contributed by atoms with van der Waals surface area (Å²) in [4.78, 5) is 3.13. The molecule has 1 aromatic carbocycles. The normalized spacial score (nSPS) is 13.3. The average Bonchev–Trinajstić information content (AvgIpc) is 2.60. The van der Waals surface area contributed by atoms with Gasteiger partial charge in [0.15, 0.2) is 0 Å². The van der Waals surface area contributed by atoms with E-state index in [1.54, 1.807) is 0 Å². The smallest absolute Gasteiger partial charge is 0.0912 e. The fraction of sp³-hybridized carbons (Fsp3) is 0.273. The van der Waals surface area contributed by atoms with Gasteiger partial charge in [0, 0.05) is 27.6 Å². The topological polar surface area (TPSA) is 41.8 Å². The Morgan fingerprint density at radius 3 is 3.00 bits per heavy atom. The minimum Gasteiger partial charge on any atom is -0.361 e.